The van der Waals surface area contributed by atoms with Gasteiger partial charge < -0.3 is 10.1 Å². The molecule has 0 aromatic heterocycles. The van der Waals surface area contributed by atoms with Crippen LogP contribution in [0.4, 0.5) is 0 Å². The summed E-state index contributed by atoms with van der Waals surface area (Å²) in [7, 11) is -0.0900. The molecule has 1 N–H and O–H groups in total. The first-order chi connectivity index (χ1) is 7.60. The Balaban J connectivity index is 2.66. The fraction of sp³-hybridized carbons (Fsp3) is 0.273. The van der Waals surface area contributed by atoms with Crippen LogP contribution in [0.25, 0.3) is 5.57 Å². The second kappa shape index (κ2) is 3.92. The van der Waals surface area contributed by atoms with Crippen molar-refractivity contribution in [2.75, 3.05) is 20.7 Å². The zero-order valence-corrected chi connectivity index (χ0v) is 9.97. The molecular weight excluding hydrogens is 226 g/mol. The number of likely N-dealkylation sites (N-methyl/N-ethyl adjacent to an activating group) is 1. The minimum atomic E-state index is -3.35. The average Bonchev–Trinajstić information content (AvgIpc) is 2.52. The molecule has 1 aromatic carbocycles. The van der Waals surface area contributed by atoms with Gasteiger partial charge in [0.05, 0.1) is 7.11 Å². The first-order valence-electron chi connectivity index (χ1n) is 4.88. The van der Waals surface area contributed by atoms with E-state index in [0.29, 0.717) is 12.3 Å². The third kappa shape index (κ3) is 1.62. The minimum Gasteiger partial charge on any atom is -0.495 e. The maximum absolute atomic E-state index is 11.9. The Morgan fingerprint density at radius 1 is 1.38 bits per heavy atom. The van der Waals surface area contributed by atoms with Crippen molar-refractivity contribution in [3.63, 3.8) is 0 Å². The molecule has 0 saturated heterocycles. The van der Waals surface area contributed by atoms with E-state index in [1.807, 2.05) is 0 Å². The number of methoxy groups -OCH3 is 1. The predicted octanol–water partition coefficient (Wildman–Crippen LogP) is 1.04. The maximum Gasteiger partial charge on any atom is 0.204 e. The van der Waals surface area contributed by atoms with Crippen LogP contribution < -0.4 is 10.1 Å². The van der Waals surface area contributed by atoms with Crippen LogP contribution in [-0.4, -0.2) is 29.1 Å². The van der Waals surface area contributed by atoms with Crippen molar-refractivity contribution < 1.29 is 13.2 Å². The summed E-state index contributed by atoms with van der Waals surface area (Å²) in [5.74, 6) is 0.403. The molecule has 0 amide bonds. The Kier molecular flexibility index (Phi) is 2.73. The molecule has 1 aliphatic heterocycles. The molecule has 0 fully saturated rings. The summed E-state index contributed by atoms with van der Waals surface area (Å²) in [5, 5.41) is 4.25. The number of fused-ring (bicyclic) bond motifs is 1. The molecule has 1 aliphatic rings. The molecule has 1 heterocycles. The monoisotopic (exact) mass is 239 g/mol. The summed E-state index contributed by atoms with van der Waals surface area (Å²) in [4.78, 5) is 0.280. The fourth-order valence-corrected chi connectivity index (χ4v) is 3.50. The molecule has 0 radical (unpaired) electrons. The zero-order chi connectivity index (χ0) is 11.8. The molecule has 0 saturated carbocycles. The summed E-state index contributed by atoms with van der Waals surface area (Å²) in [5.41, 5.74) is 1.50. The lowest BCUT2D eigenvalue weighted by atomic mass is 10.1. The van der Waals surface area contributed by atoms with Gasteiger partial charge in [0.1, 0.15) is 10.6 Å². The smallest absolute Gasteiger partial charge is 0.204 e. The van der Waals surface area contributed by atoms with Crippen LogP contribution >= 0.6 is 0 Å². The van der Waals surface area contributed by atoms with E-state index in [4.69, 9.17) is 4.74 Å². The summed E-state index contributed by atoms with van der Waals surface area (Å²) in [6.45, 7) is 0.527. The van der Waals surface area contributed by atoms with Gasteiger partial charge in [-0.25, -0.2) is 8.42 Å². The van der Waals surface area contributed by atoms with Crippen molar-refractivity contribution in [1.82, 2.24) is 5.32 Å². The molecule has 86 valence electrons. The first kappa shape index (κ1) is 11.2. The molecule has 16 heavy (non-hydrogen) atoms. The van der Waals surface area contributed by atoms with Crippen molar-refractivity contribution >= 4 is 15.4 Å². The summed E-state index contributed by atoms with van der Waals surface area (Å²) >= 11 is 0. The van der Waals surface area contributed by atoms with Gasteiger partial charge in [-0.15, -0.1) is 0 Å². The van der Waals surface area contributed by atoms with E-state index >= 15 is 0 Å². The van der Waals surface area contributed by atoms with E-state index < -0.39 is 9.84 Å². The third-order valence-corrected chi connectivity index (χ3v) is 4.08. The Labute approximate surface area is 94.8 Å². The largest absolute Gasteiger partial charge is 0.495 e. The quantitative estimate of drug-likeness (QED) is 0.856. The van der Waals surface area contributed by atoms with Gasteiger partial charge in [-0.05, 0) is 18.7 Å². The number of sulfone groups is 1. The molecule has 5 heteroatoms. The van der Waals surface area contributed by atoms with Gasteiger partial charge in [-0.3, -0.25) is 0 Å². The van der Waals surface area contributed by atoms with Crippen molar-refractivity contribution in [2.24, 2.45) is 0 Å². The van der Waals surface area contributed by atoms with Crippen LogP contribution in [0.1, 0.15) is 5.56 Å². The second-order valence-electron chi connectivity index (χ2n) is 3.56. The van der Waals surface area contributed by atoms with Crippen LogP contribution in [0.15, 0.2) is 28.5 Å². The van der Waals surface area contributed by atoms with Crippen LogP contribution in [0, 0.1) is 0 Å². The molecule has 1 aromatic rings. The van der Waals surface area contributed by atoms with Crippen molar-refractivity contribution in [3.8, 4) is 5.75 Å². The van der Waals surface area contributed by atoms with Gasteiger partial charge in [0.25, 0.3) is 0 Å². The lowest BCUT2D eigenvalue weighted by Crippen LogP contribution is -2.08. The van der Waals surface area contributed by atoms with Gasteiger partial charge in [-0.1, -0.05) is 12.1 Å². The highest BCUT2D eigenvalue weighted by molar-refractivity contribution is 7.95. The van der Waals surface area contributed by atoms with Gasteiger partial charge >= 0.3 is 0 Å². The Bertz CT molecular complexity index is 546. The van der Waals surface area contributed by atoms with Crippen molar-refractivity contribution in [3.05, 3.63) is 29.2 Å². The molecule has 0 unspecified atom stereocenters. The molecular formula is C11H13NO3S. The van der Waals surface area contributed by atoms with E-state index in [-0.39, 0.29) is 4.90 Å². The maximum atomic E-state index is 11.9. The number of hydrogen-bond donors (Lipinski definition) is 1. The molecule has 0 atom stereocenters. The van der Waals surface area contributed by atoms with Gasteiger partial charge in [-0.2, -0.15) is 0 Å². The summed E-state index contributed by atoms with van der Waals surface area (Å²) in [6, 6.07) is 5.25. The van der Waals surface area contributed by atoms with Crippen LogP contribution in [0.3, 0.4) is 0 Å². The van der Waals surface area contributed by atoms with Gasteiger partial charge in [0.15, 0.2) is 0 Å². The topological polar surface area (TPSA) is 55.4 Å². The number of benzene rings is 1. The highest BCUT2D eigenvalue weighted by Crippen LogP contribution is 2.38. The average molecular weight is 239 g/mol. The highest BCUT2D eigenvalue weighted by atomic mass is 32.2. The molecule has 0 spiro atoms. The van der Waals surface area contributed by atoms with E-state index in [0.717, 1.165) is 11.1 Å². The molecule has 0 aliphatic carbocycles. The Morgan fingerprint density at radius 2 is 2.12 bits per heavy atom. The van der Waals surface area contributed by atoms with Gasteiger partial charge in [0.2, 0.25) is 9.84 Å². The first-order valence-corrected chi connectivity index (χ1v) is 6.42. The lowest BCUT2D eigenvalue weighted by Gasteiger charge is -2.07. The molecule has 2 rings (SSSR count). The number of hydrogen-bond acceptors (Lipinski definition) is 4. The molecule has 4 nitrogen and oxygen atoms in total. The molecule has 0 bridgehead atoms. The fourth-order valence-electron chi connectivity index (χ4n) is 1.86. The highest BCUT2D eigenvalue weighted by Gasteiger charge is 2.29. The van der Waals surface area contributed by atoms with E-state index in [1.54, 1.807) is 25.2 Å². The van der Waals surface area contributed by atoms with Crippen LogP contribution in [0.2, 0.25) is 0 Å². The Morgan fingerprint density at radius 3 is 2.75 bits per heavy atom. The number of nitrogens with one attached hydrogen (secondary N) is 1. The lowest BCUT2D eigenvalue weighted by molar-refractivity contribution is 0.403. The van der Waals surface area contributed by atoms with E-state index in [9.17, 15) is 8.42 Å². The summed E-state index contributed by atoms with van der Waals surface area (Å²) in [6.07, 6.45) is 0. The van der Waals surface area contributed by atoms with Crippen LogP contribution in [-0.2, 0) is 9.84 Å². The van der Waals surface area contributed by atoms with E-state index in [1.165, 1.54) is 12.5 Å². The number of rotatable bonds is 3. The standard InChI is InChI=1S/C11H13NO3S/c1-12-6-8-7-16(13,14)11-9(8)4-3-5-10(11)15-2/h3-5,7,12H,6H2,1-2H3. The van der Waals surface area contributed by atoms with Crippen molar-refractivity contribution in [2.45, 2.75) is 4.90 Å². The predicted molar refractivity (Wildman–Crippen MR) is 62.1 cm³/mol. The second-order valence-corrected chi connectivity index (χ2v) is 5.29. The van der Waals surface area contributed by atoms with Crippen LogP contribution in [0.5, 0.6) is 5.75 Å². The van der Waals surface area contributed by atoms with Crippen molar-refractivity contribution in [1.29, 1.82) is 0 Å². The summed E-state index contributed by atoms with van der Waals surface area (Å²) < 4.78 is 29.0. The number of ether oxygens (including phenoxy) is 1. The normalized spacial score (nSPS) is 16.8. The van der Waals surface area contributed by atoms with Gasteiger partial charge in [0, 0.05) is 17.5 Å². The third-order valence-electron chi connectivity index (χ3n) is 2.49. The SMILES string of the molecule is CNCC1=CS(=O)(=O)c2c(OC)cccc21. The minimum absolute atomic E-state index is 0.280. The zero-order valence-electron chi connectivity index (χ0n) is 9.15. The Hall–Kier alpha value is -1.33. The van der Waals surface area contributed by atoms with E-state index in [2.05, 4.69) is 5.32 Å².